The van der Waals surface area contributed by atoms with E-state index in [4.69, 9.17) is 9.47 Å². The molecule has 27 heavy (non-hydrogen) atoms. The zero-order valence-electron chi connectivity index (χ0n) is 17.4. The van der Waals surface area contributed by atoms with Gasteiger partial charge in [0.25, 0.3) is 0 Å². The van der Waals surface area contributed by atoms with Crippen molar-refractivity contribution < 1.29 is 14.6 Å². The molecule has 0 aromatic carbocycles. The third kappa shape index (κ3) is 5.49. The molecule has 6 nitrogen and oxygen atoms in total. The topological polar surface area (TPSA) is 58.1 Å². The number of piperidine rings is 1. The van der Waals surface area contributed by atoms with Crippen molar-refractivity contribution in [2.75, 3.05) is 39.5 Å². The first-order valence-electron chi connectivity index (χ1n) is 10.1. The van der Waals surface area contributed by atoms with Crippen LogP contribution in [0.25, 0.3) is 0 Å². The summed E-state index contributed by atoms with van der Waals surface area (Å²) in [5, 5.41) is 13.9. The summed E-state index contributed by atoms with van der Waals surface area (Å²) in [7, 11) is 0. The van der Waals surface area contributed by atoms with E-state index in [0.717, 1.165) is 49.7 Å². The number of morpholine rings is 1. The molecule has 1 N–H and O–H groups in total. The van der Waals surface area contributed by atoms with E-state index in [0.29, 0.717) is 19.3 Å². The molecule has 1 aromatic rings. The zero-order chi connectivity index (χ0) is 19.7. The summed E-state index contributed by atoms with van der Waals surface area (Å²) in [5.41, 5.74) is 0.505. The Morgan fingerprint density at radius 3 is 2.59 bits per heavy atom. The van der Waals surface area contributed by atoms with E-state index < -0.39 is 6.23 Å². The van der Waals surface area contributed by atoms with Gasteiger partial charge in [0, 0.05) is 37.5 Å². The lowest BCUT2D eigenvalue weighted by molar-refractivity contribution is -0.176. The minimum atomic E-state index is -0.642. The Bertz CT molecular complexity index is 606. The number of hydrogen-bond donors (Lipinski definition) is 1. The van der Waals surface area contributed by atoms with Gasteiger partial charge in [0.2, 0.25) is 0 Å². The minimum Gasteiger partial charge on any atom is -0.372 e. The molecule has 1 atom stereocenters. The van der Waals surface area contributed by atoms with Crippen molar-refractivity contribution in [1.82, 2.24) is 14.8 Å². The molecule has 3 rings (SSSR count). The monoisotopic (exact) mass is 397 g/mol. The Labute approximate surface area is 167 Å². The fourth-order valence-corrected chi connectivity index (χ4v) is 4.48. The molecule has 0 saturated carbocycles. The van der Waals surface area contributed by atoms with Crippen LogP contribution >= 0.6 is 11.3 Å². The lowest BCUT2D eigenvalue weighted by Gasteiger charge is -2.48. The summed E-state index contributed by atoms with van der Waals surface area (Å²) < 4.78 is 12.1. The van der Waals surface area contributed by atoms with Gasteiger partial charge >= 0.3 is 0 Å². The molecule has 154 valence electrons. The van der Waals surface area contributed by atoms with Gasteiger partial charge in [-0.05, 0) is 33.6 Å². The van der Waals surface area contributed by atoms with Crippen molar-refractivity contribution in [3.8, 4) is 0 Å². The number of aliphatic hydroxyl groups is 1. The van der Waals surface area contributed by atoms with Gasteiger partial charge in [-0.2, -0.15) is 0 Å². The fraction of sp³-hybridized carbons (Fsp3) is 0.850. The molecule has 0 radical (unpaired) electrons. The second kappa shape index (κ2) is 8.43. The predicted octanol–water partition coefficient (Wildman–Crippen LogP) is 3.20. The SMILES string of the molecule is CC(C)c1nc(C(O)N2CCOC3(CCN(COC(C)(C)C)CC3)C2)cs1. The van der Waals surface area contributed by atoms with Crippen molar-refractivity contribution >= 4 is 11.3 Å². The normalized spacial score (nSPS) is 23.2. The van der Waals surface area contributed by atoms with E-state index in [9.17, 15) is 5.11 Å². The fourth-order valence-electron chi connectivity index (χ4n) is 3.63. The summed E-state index contributed by atoms with van der Waals surface area (Å²) in [6.07, 6.45) is 1.30. The molecule has 7 heteroatoms. The Kier molecular flexibility index (Phi) is 6.60. The van der Waals surface area contributed by atoms with Crippen molar-refractivity contribution in [1.29, 1.82) is 0 Å². The second-order valence-corrected chi connectivity index (χ2v) is 10.0. The molecule has 1 aromatic heterocycles. The Balaban J connectivity index is 1.56. The van der Waals surface area contributed by atoms with Crippen molar-refractivity contribution in [3.63, 3.8) is 0 Å². The van der Waals surface area contributed by atoms with E-state index in [-0.39, 0.29) is 11.2 Å². The third-order valence-corrected chi connectivity index (χ3v) is 6.53. The van der Waals surface area contributed by atoms with Crippen LogP contribution in [0.15, 0.2) is 5.38 Å². The molecular formula is C20H35N3O3S. The zero-order valence-corrected chi connectivity index (χ0v) is 18.2. The Morgan fingerprint density at radius 1 is 1.30 bits per heavy atom. The van der Waals surface area contributed by atoms with Crippen LogP contribution in [0.5, 0.6) is 0 Å². The van der Waals surface area contributed by atoms with Crippen LogP contribution < -0.4 is 0 Å². The van der Waals surface area contributed by atoms with Gasteiger partial charge in [-0.1, -0.05) is 13.8 Å². The minimum absolute atomic E-state index is 0.111. The highest BCUT2D eigenvalue weighted by atomic mass is 32.1. The van der Waals surface area contributed by atoms with Gasteiger partial charge in [0.05, 0.1) is 35.2 Å². The molecular weight excluding hydrogens is 362 g/mol. The number of ether oxygens (including phenoxy) is 2. The van der Waals surface area contributed by atoms with E-state index in [1.165, 1.54) is 0 Å². The maximum Gasteiger partial charge on any atom is 0.151 e. The first-order valence-corrected chi connectivity index (χ1v) is 10.9. The number of rotatable bonds is 5. The van der Waals surface area contributed by atoms with Gasteiger partial charge < -0.3 is 14.6 Å². The maximum absolute atomic E-state index is 10.9. The smallest absolute Gasteiger partial charge is 0.151 e. The van der Waals surface area contributed by atoms with E-state index in [2.05, 4.69) is 49.4 Å². The van der Waals surface area contributed by atoms with Crippen LogP contribution in [-0.2, 0) is 9.47 Å². The van der Waals surface area contributed by atoms with Gasteiger partial charge in [-0.3, -0.25) is 9.80 Å². The average molecular weight is 398 g/mol. The molecule has 0 aliphatic carbocycles. The molecule has 0 amide bonds. The Morgan fingerprint density at radius 2 is 2.00 bits per heavy atom. The lowest BCUT2D eigenvalue weighted by atomic mass is 9.89. The van der Waals surface area contributed by atoms with Crippen LogP contribution in [0.2, 0.25) is 0 Å². The van der Waals surface area contributed by atoms with Gasteiger partial charge in [-0.15, -0.1) is 11.3 Å². The summed E-state index contributed by atoms with van der Waals surface area (Å²) >= 11 is 1.64. The first-order chi connectivity index (χ1) is 12.7. The average Bonchev–Trinajstić information content (AvgIpc) is 3.10. The number of nitrogens with zero attached hydrogens (tertiary/aromatic N) is 3. The molecule has 1 spiro atoms. The van der Waals surface area contributed by atoms with Gasteiger partial charge in [-0.25, -0.2) is 4.98 Å². The molecule has 1 unspecified atom stereocenters. The van der Waals surface area contributed by atoms with Gasteiger partial charge in [0.1, 0.15) is 0 Å². The highest BCUT2D eigenvalue weighted by Gasteiger charge is 2.41. The summed E-state index contributed by atoms with van der Waals surface area (Å²) in [4.78, 5) is 9.12. The standard InChI is InChI=1S/C20H35N3O3S/c1-15(2)17-21-16(12-27-17)18(24)23-10-11-25-20(13-23)6-8-22(9-7-20)14-26-19(3,4)5/h12,15,18,24H,6-11,13-14H2,1-5H3. The summed E-state index contributed by atoms with van der Waals surface area (Å²) in [6.45, 7) is 15.3. The third-order valence-electron chi connectivity index (χ3n) is 5.37. The predicted molar refractivity (Wildman–Crippen MR) is 108 cm³/mol. The van der Waals surface area contributed by atoms with E-state index >= 15 is 0 Å². The highest BCUT2D eigenvalue weighted by molar-refractivity contribution is 7.09. The first kappa shape index (κ1) is 21.1. The van der Waals surface area contributed by atoms with Crippen LogP contribution in [0, 0.1) is 0 Å². The largest absolute Gasteiger partial charge is 0.372 e. The number of hydrogen-bond acceptors (Lipinski definition) is 7. The van der Waals surface area contributed by atoms with Gasteiger partial charge in [0.15, 0.2) is 6.23 Å². The maximum atomic E-state index is 10.9. The molecule has 2 saturated heterocycles. The number of likely N-dealkylation sites (tertiary alicyclic amines) is 1. The summed E-state index contributed by atoms with van der Waals surface area (Å²) in [6, 6.07) is 0. The Hall–Kier alpha value is -0.570. The van der Waals surface area contributed by atoms with Crippen molar-refractivity contribution in [2.24, 2.45) is 0 Å². The quantitative estimate of drug-likeness (QED) is 0.823. The summed E-state index contributed by atoms with van der Waals surface area (Å²) in [5.74, 6) is 0.395. The molecule has 3 heterocycles. The van der Waals surface area contributed by atoms with Crippen LogP contribution in [-0.4, -0.2) is 70.6 Å². The van der Waals surface area contributed by atoms with Crippen molar-refractivity contribution in [3.05, 3.63) is 16.1 Å². The lowest BCUT2D eigenvalue weighted by Crippen LogP contribution is -2.57. The number of thiazole rings is 1. The van der Waals surface area contributed by atoms with Crippen LogP contribution in [0.4, 0.5) is 0 Å². The van der Waals surface area contributed by atoms with E-state index in [1.807, 2.05) is 5.38 Å². The molecule has 0 bridgehead atoms. The molecule has 2 aliphatic heterocycles. The second-order valence-electron chi connectivity index (χ2n) is 9.14. The molecule has 2 fully saturated rings. The van der Waals surface area contributed by atoms with E-state index in [1.54, 1.807) is 11.3 Å². The number of aromatic nitrogens is 1. The highest BCUT2D eigenvalue weighted by Crippen LogP contribution is 2.34. The van der Waals surface area contributed by atoms with Crippen molar-refractivity contribution in [2.45, 2.75) is 70.8 Å². The van der Waals surface area contributed by atoms with Crippen LogP contribution in [0.3, 0.4) is 0 Å². The molecule has 2 aliphatic rings. The number of aliphatic hydroxyl groups excluding tert-OH is 1. The van der Waals surface area contributed by atoms with Crippen LogP contribution in [0.1, 0.15) is 70.3 Å².